The molecular formula is C18H22ClN3O. The second kappa shape index (κ2) is 6.28. The summed E-state index contributed by atoms with van der Waals surface area (Å²) in [7, 11) is 0. The van der Waals surface area contributed by atoms with Crippen molar-refractivity contribution in [2.45, 2.75) is 39.8 Å². The Bertz CT molecular complexity index is 738. The molecule has 0 radical (unpaired) electrons. The molecule has 0 saturated heterocycles. The lowest BCUT2D eigenvalue weighted by atomic mass is 10.1. The van der Waals surface area contributed by atoms with E-state index in [9.17, 15) is 4.79 Å². The molecule has 23 heavy (non-hydrogen) atoms. The second-order valence-electron chi connectivity index (χ2n) is 6.01. The van der Waals surface area contributed by atoms with Gasteiger partial charge in [-0.1, -0.05) is 24.6 Å². The number of nitrogens with one attached hydrogen (secondary N) is 1. The van der Waals surface area contributed by atoms with E-state index in [-0.39, 0.29) is 12.1 Å². The van der Waals surface area contributed by atoms with Crippen LogP contribution in [0.15, 0.2) is 30.3 Å². The number of anilines is 1. The summed E-state index contributed by atoms with van der Waals surface area (Å²) in [4.78, 5) is 14.7. The normalized spacial score (nSPS) is 17.0. The molecule has 0 aliphatic carbocycles. The first kappa shape index (κ1) is 15.9. The molecule has 1 aliphatic rings. The van der Waals surface area contributed by atoms with Crippen LogP contribution in [0.25, 0.3) is 0 Å². The van der Waals surface area contributed by atoms with Gasteiger partial charge in [-0.3, -0.25) is 0 Å². The molecule has 1 aliphatic heterocycles. The fraction of sp³-hybridized carbons (Fsp3) is 0.389. The third kappa shape index (κ3) is 2.83. The number of halogens is 1. The van der Waals surface area contributed by atoms with Crippen LogP contribution in [0.1, 0.15) is 36.3 Å². The first-order valence-electron chi connectivity index (χ1n) is 8.01. The standard InChI is InChI=1S/C18H22ClN3O/c1-4-16-17-9-8-12(2)21(17)10-11-22(16)18(23)20-15-7-5-6-14(19)13(15)3/h5-9,16H,4,10-11H2,1-3H3,(H,20,23)/t16-/m1/s1. The fourth-order valence-electron chi connectivity index (χ4n) is 3.31. The van der Waals surface area contributed by atoms with Crippen LogP contribution in [0.5, 0.6) is 0 Å². The van der Waals surface area contributed by atoms with Gasteiger partial charge >= 0.3 is 6.03 Å². The maximum Gasteiger partial charge on any atom is 0.322 e. The van der Waals surface area contributed by atoms with Gasteiger partial charge < -0.3 is 14.8 Å². The topological polar surface area (TPSA) is 37.3 Å². The monoisotopic (exact) mass is 331 g/mol. The van der Waals surface area contributed by atoms with Gasteiger partial charge in [-0.2, -0.15) is 0 Å². The lowest BCUT2D eigenvalue weighted by molar-refractivity contribution is 0.165. The van der Waals surface area contributed by atoms with Crippen LogP contribution in [-0.4, -0.2) is 22.0 Å². The molecule has 2 heterocycles. The summed E-state index contributed by atoms with van der Waals surface area (Å²) in [6.45, 7) is 7.70. The van der Waals surface area contributed by atoms with Crippen molar-refractivity contribution in [3.8, 4) is 0 Å². The molecule has 1 aromatic carbocycles. The Hall–Kier alpha value is -1.94. The van der Waals surface area contributed by atoms with Gasteiger partial charge in [0.1, 0.15) is 0 Å². The number of carbonyl (C=O) groups is 1. The van der Waals surface area contributed by atoms with E-state index in [0.29, 0.717) is 11.6 Å². The Morgan fingerprint density at radius 3 is 2.78 bits per heavy atom. The smallest absolute Gasteiger partial charge is 0.322 e. The van der Waals surface area contributed by atoms with Crippen molar-refractivity contribution in [2.75, 3.05) is 11.9 Å². The van der Waals surface area contributed by atoms with Crippen molar-refractivity contribution in [3.63, 3.8) is 0 Å². The van der Waals surface area contributed by atoms with E-state index in [1.54, 1.807) is 0 Å². The van der Waals surface area contributed by atoms with Crippen molar-refractivity contribution >= 4 is 23.3 Å². The lowest BCUT2D eigenvalue weighted by Gasteiger charge is -2.37. The number of aromatic nitrogens is 1. The summed E-state index contributed by atoms with van der Waals surface area (Å²) in [6, 6.07) is 9.87. The molecule has 122 valence electrons. The van der Waals surface area contributed by atoms with Crippen LogP contribution in [0.2, 0.25) is 5.02 Å². The number of carbonyl (C=O) groups excluding carboxylic acids is 1. The quantitative estimate of drug-likeness (QED) is 0.846. The van der Waals surface area contributed by atoms with Crippen LogP contribution in [0.3, 0.4) is 0 Å². The van der Waals surface area contributed by atoms with Gasteiger partial charge in [-0.25, -0.2) is 4.79 Å². The number of nitrogens with zero attached hydrogens (tertiary/aromatic N) is 2. The van der Waals surface area contributed by atoms with Gasteiger partial charge in [0.25, 0.3) is 0 Å². The summed E-state index contributed by atoms with van der Waals surface area (Å²) >= 11 is 6.14. The molecule has 1 N–H and O–H groups in total. The van der Waals surface area contributed by atoms with Crippen molar-refractivity contribution in [2.24, 2.45) is 0 Å². The minimum Gasteiger partial charge on any atom is -0.345 e. The second-order valence-corrected chi connectivity index (χ2v) is 6.42. The molecule has 0 unspecified atom stereocenters. The number of urea groups is 1. The first-order valence-corrected chi connectivity index (χ1v) is 8.39. The molecule has 2 amide bonds. The van der Waals surface area contributed by atoms with Crippen LogP contribution >= 0.6 is 11.6 Å². The van der Waals surface area contributed by atoms with Crippen LogP contribution in [-0.2, 0) is 6.54 Å². The maximum absolute atomic E-state index is 12.8. The molecule has 2 aromatic rings. The largest absolute Gasteiger partial charge is 0.345 e. The summed E-state index contributed by atoms with van der Waals surface area (Å²) in [6.07, 6.45) is 0.894. The van der Waals surface area contributed by atoms with Crippen molar-refractivity contribution in [3.05, 3.63) is 52.3 Å². The van der Waals surface area contributed by atoms with Crippen LogP contribution < -0.4 is 5.32 Å². The predicted molar refractivity (Wildman–Crippen MR) is 94.1 cm³/mol. The van der Waals surface area contributed by atoms with E-state index < -0.39 is 0 Å². The summed E-state index contributed by atoms with van der Waals surface area (Å²) in [5, 5.41) is 3.68. The minimum absolute atomic E-state index is 0.0627. The number of hydrogen-bond donors (Lipinski definition) is 1. The Kier molecular flexibility index (Phi) is 4.35. The Morgan fingerprint density at radius 2 is 2.04 bits per heavy atom. The van der Waals surface area contributed by atoms with Crippen molar-refractivity contribution in [1.82, 2.24) is 9.47 Å². The van der Waals surface area contributed by atoms with Gasteiger partial charge in [0, 0.05) is 35.2 Å². The molecule has 0 bridgehead atoms. The molecule has 0 saturated carbocycles. The number of benzene rings is 1. The summed E-state index contributed by atoms with van der Waals surface area (Å²) < 4.78 is 2.31. The molecule has 4 nitrogen and oxygen atoms in total. The third-order valence-corrected chi connectivity index (χ3v) is 5.08. The average molecular weight is 332 g/mol. The minimum atomic E-state index is -0.0627. The highest BCUT2D eigenvalue weighted by Gasteiger charge is 2.30. The molecule has 1 atom stereocenters. The summed E-state index contributed by atoms with van der Waals surface area (Å²) in [5.74, 6) is 0. The molecule has 1 aromatic heterocycles. The van der Waals surface area contributed by atoms with E-state index in [2.05, 4.69) is 35.9 Å². The molecule has 0 spiro atoms. The maximum atomic E-state index is 12.8. The highest BCUT2D eigenvalue weighted by Crippen LogP contribution is 2.31. The molecular weight excluding hydrogens is 310 g/mol. The SMILES string of the molecule is CC[C@@H]1c2ccc(C)n2CCN1C(=O)Nc1cccc(Cl)c1C. The van der Waals surface area contributed by atoms with Gasteiger partial charge in [0.2, 0.25) is 0 Å². The van der Waals surface area contributed by atoms with Gasteiger partial charge in [-0.05, 0) is 50.1 Å². The number of hydrogen-bond acceptors (Lipinski definition) is 1. The fourth-order valence-corrected chi connectivity index (χ4v) is 3.49. The predicted octanol–water partition coefficient (Wildman–Crippen LogP) is 4.76. The number of aryl methyl sites for hydroxylation is 1. The van der Waals surface area contributed by atoms with E-state index in [4.69, 9.17) is 11.6 Å². The lowest BCUT2D eigenvalue weighted by Crippen LogP contribution is -2.44. The van der Waals surface area contributed by atoms with E-state index in [0.717, 1.165) is 24.2 Å². The van der Waals surface area contributed by atoms with Gasteiger partial charge in [0.15, 0.2) is 0 Å². The molecule has 0 fully saturated rings. The van der Waals surface area contributed by atoms with Crippen LogP contribution in [0.4, 0.5) is 10.5 Å². The Balaban J connectivity index is 1.84. The van der Waals surface area contributed by atoms with Crippen molar-refractivity contribution < 1.29 is 4.79 Å². The number of amides is 2. The zero-order chi connectivity index (χ0) is 16.6. The number of rotatable bonds is 2. The molecule has 5 heteroatoms. The van der Waals surface area contributed by atoms with Gasteiger partial charge in [0.05, 0.1) is 6.04 Å². The highest BCUT2D eigenvalue weighted by atomic mass is 35.5. The highest BCUT2D eigenvalue weighted by molar-refractivity contribution is 6.31. The zero-order valence-corrected chi connectivity index (χ0v) is 14.5. The summed E-state index contributed by atoms with van der Waals surface area (Å²) in [5.41, 5.74) is 4.14. The average Bonchev–Trinajstić information content (AvgIpc) is 2.92. The Morgan fingerprint density at radius 1 is 1.26 bits per heavy atom. The zero-order valence-electron chi connectivity index (χ0n) is 13.8. The third-order valence-electron chi connectivity index (χ3n) is 4.67. The number of fused-ring (bicyclic) bond motifs is 1. The van der Waals surface area contributed by atoms with E-state index in [1.165, 1.54) is 11.4 Å². The van der Waals surface area contributed by atoms with Gasteiger partial charge in [-0.15, -0.1) is 0 Å². The van der Waals surface area contributed by atoms with Crippen LogP contribution in [0, 0.1) is 13.8 Å². The first-order chi connectivity index (χ1) is 11.0. The van der Waals surface area contributed by atoms with E-state index in [1.807, 2.05) is 30.0 Å². The van der Waals surface area contributed by atoms with Crippen molar-refractivity contribution in [1.29, 1.82) is 0 Å². The molecule has 3 rings (SSSR count). The van der Waals surface area contributed by atoms with E-state index >= 15 is 0 Å². The Labute approximate surface area is 142 Å².